The average Bonchev–Trinajstić information content (AvgIpc) is 3.16. The molecule has 0 saturated heterocycles. The number of rotatable bonds is 7. The fourth-order valence-corrected chi connectivity index (χ4v) is 3.49. The Labute approximate surface area is 140 Å². The molecule has 3 rings (SSSR count). The van der Waals surface area contributed by atoms with E-state index in [2.05, 4.69) is 27.5 Å². The summed E-state index contributed by atoms with van der Waals surface area (Å²) in [7, 11) is 1.66. The van der Waals surface area contributed by atoms with Crippen molar-refractivity contribution in [2.75, 3.05) is 20.2 Å². The lowest BCUT2D eigenvalue weighted by Gasteiger charge is -2.15. The van der Waals surface area contributed by atoms with Crippen molar-refractivity contribution in [3.05, 3.63) is 52.2 Å². The summed E-state index contributed by atoms with van der Waals surface area (Å²) in [6.45, 7) is 1.35. The van der Waals surface area contributed by atoms with Crippen LogP contribution in [0.1, 0.15) is 24.0 Å². The van der Waals surface area contributed by atoms with Crippen molar-refractivity contribution in [3.63, 3.8) is 0 Å². The smallest absolute Gasteiger partial charge is 0.314 e. The van der Waals surface area contributed by atoms with Gasteiger partial charge < -0.3 is 15.4 Å². The summed E-state index contributed by atoms with van der Waals surface area (Å²) in [5, 5.41) is 10.2. The van der Waals surface area contributed by atoms with Gasteiger partial charge in [0.15, 0.2) is 0 Å². The second kappa shape index (κ2) is 7.04. The Morgan fingerprint density at radius 3 is 2.61 bits per heavy atom. The Morgan fingerprint density at radius 2 is 2.00 bits per heavy atom. The topological polar surface area (TPSA) is 50.4 Å². The Hall–Kier alpha value is -2.01. The van der Waals surface area contributed by atoms with Gasteiger partial charge in [-0.2, -0.15) is 11.3 Å². The van der Waals surface area contributed by atoms with Crippen molar-refractivity contribution < 1.29 is 9.53 Å². The highest BCUT2D eigenvalue weighted by Crippen LogP contribution is 2.48. The standard InChI is InChI=1S/C18H22N2O2S/c1-22-16-4-2-14(3-5-16)6-10-19-17(21)20-13-18(8-9-18)15-7-11-23-12-15/h2-5,7,11-12H,6,8-10,13H2,1H3,(H2,19,20,21). The molecule has 0 bridgehead atoms. The molecule has 1 aliphatic carbocycles. The van der Waals surface area contributed by atoms with Crippen LogP contribution >= 0.6 is 11.3 Å². The molecule has 0 aliphatic heterocycles. The number of methoxy groups -OCH3 is 1. The number of urea groups is 1. The van der Waals surface area contributed by atoms with Crippen LogP contribution in [-0.2, 0) is 11.8 Å². The van der Waals surface area contributed by atoms with Crippen molar-refractivity contribution in [1.82, 2.24) is 10.6 Å². The number of carbonyl (C=O) groups excluding carboxylic acids is 1. The van der Waals surface area contributed by atoms with Crippen LogP contribution in [-0.4, -0.2) is 26.2 Å². The maximum atomic E-state index is 11.9. The fraction of sp³-hybridized carbons (Fsp3) is 0.389. The van der Waals surface area contributed by atoms with Crippen LogP contribution in [0.2, 0.25) is 0 Å². The summed E-state index contributed by atoms with van der Waals surface area (Å²) in [5.41, 5.74) is 2.73. The van der Waals surface area contributed by atoms with Gasteiger partial charge in [-0.25, -0.2) is 4.79 Å². The van der Waals surface area contributed by atoms with Gasteiger partial charge in [0, 0.05) is 18.5 Å². The number of amides is 2. The van der Waals surface area contributed by atoms with E-state index < -0.39 is 0 Å². The number of carbonyl (C=O) groups is 1. The molecule has 0 unspecified atom stereocenters. The summed E-state index contributed by atoms with van der Waals surface area (Å²) < 4.78 is 5.13. The zero-order valence-electron chi connectivity index (χ0n) is 13.3. The molecule has 2 N–H and O–H groups in total. The fourth-order valence-electron chi connectivity index (χ4n) is 2.71. The number of benzene rings is 1. The van der Waals surface area contributed by atoms with Gasteiger partial charge in [0.05, 0.1) is 7.11 Å². The monoisotopic (exact) mass is 330 g/mol. The molecule has 2 amide bonds. The first kappa shape index (κ1) is 15.9. The average molecular weight is 330 g/mol. The molecule has 1 aromatic heterocycles. The van der Waals surface area contributed by atoms with Gasteiger partial charge in [0.25, 0.3) is 0 Å². The summed E-state index contributed by atoms with van der Waals surface area (Å²) in [6, 6.07) is 10.0. The molecule has 1 fully saturated rings. The number of hydrogen-bond donors (Lipinski definition) is 2. The third-order valence-corrected chi connectivity index (χ3v) is 5.12. The molecule has 5 heteroatoms. The van der Waals surface area contributed by atoms with Crippen molar-refractivity contribution in [3.8, 4) is 5.75 Å². The molecule has 1 aliphatic rings. The van der Waals surface area contributed by atoms with Crippen LogP contribution in [0, 0.1) is 0 Å². The molecule has 0 spiro atoms. The first-order chi connectivity index (χ1) is 11.2. The third-order valence-electron chi connectivity index (χ3n) is 4.43. The summed E-state index contributed by atoms with van der Waals surface area (Å²) in [6.07, 6.45) is 3.14. The van der Waals surface area contributed by atoms with Crippen molar-refractivity contribution in [2.45, 2.75) is 24.7 Å². The van der Waals surface area contributed by atoms with E-state index in [4.69, 9.17) is 4.74 Å². The van der Waals surface area contributed by atoms with Crippen LogP contribution in [0.15, 0.2) is 41.1 Å². The second-order valence-electron chi connectivity index (χ2n) is 6.00. The highest BCUT2D eigenvalue weighted by atomic mass is 32.1. The van der Waals surface area contributed by atoms with Gasteiger partial charge in [-0.05, 0) is 59.3 Å². The molecule has 23 heavy (non-hydrogen) atoms. The molecular weight excluding hydrogens is 308 g/mol. The Morgan fingerprint density at radius 1 is 1.22 bits per heavy atom. The molecule has 122 valence electrons. The molecule has 1 saturated carbocycles. The quantitative estimate of drug-likeness (QED) is 0.818. The molecule has 1 aromatic carbocycles. The third kappa shape index (κ3) is 4.05. The van der Waals surface area contributed by atoms with E-state index in [-0.39, 0.29) is 11.4 Å². The minimum Gasteiger partial charge on any atom is -0.497 e. The Balaban J connectivity index is 1.38. The zero-order valence-corrected chi connectivity index (χ0v) is 14.1. The van der Waals surface area contributed by atoms with Crippen LogP contribution < -0.4 is 15.4 Å². The van der Waals surface area contributed by atoms with Crippen LogP contribution in [0.4, 0.5) is 4.79 Å². The van der Waals surface area contributed by atoms with Crippen LogP contribution in [0.3, 0.4) is 0 Å². The Bertz CT molecular complexity index is 634. The minimum absolute atomic E-state index is 0.0833. The maximum absolute atomic E-state index is 11.9. The molecule has 2 aromatic rings. The van der Waals surface area contributed by atoms with Crippen molar-refractivity contribution in [1.29, 1.82) is 0 Å². The minimum atomic E-state index is -0.0833. The highest BCUT2D eigenvalue weighted by Gasteiger charge is 2.44. The van der Waals surface area contributed by atoms with Gasteiger partial charge in [0.1, 0.15) is 5.75 Å². The zero-order chi connectivity index (χ0) is 16.1. The predicted octanol–water partition coefficient (Wildman–Crippen LogP) is 3.33. The van der Waals surface area contributed by atoms with Gasteiger partial charge in [-0.3, -0.25) is 0 Å². The first-order valence-electron chi connectivity index (χ1n) is 7.89. The molecule has 4 nitrogen and oxygen atoms in total. The van der Waals surface area contributed by atoms with Gasteiger partial charge in [-0.1, -0.05) is 12.1 Å². The van der Waals surface area contributed by atoms with Gasteiger partial charge in [0.2, 0.25) is 0 Å². The van der Waals surface area contributed by atoms with Crippen molar-refractivity contribution >= 4 is 17.4 Å². The van der Waals surface area contributed by atoms with E-state index in [1.165, 1.54) is 11.1 Å². The number of nitrogens with one attached hydrogen (secondary N) is 2. The largest absolute Gasteiger partial charge is 0.497 e. The molecule has 1 heterocycles. The van der Waals surface area contributed by atoms with E-state index in [1.54, 1.807) is 18.4 Å². The lowest BCUT2D eigenvalue weighted by molar-refractivity contribution is 0.240. The van der Waals surface area contributed by atoms with E-state index in [1.807, 2.05) is 24.3 Å². The first-order valence-corrected chi connectivity index (χ1v) is 8.83. The van der Waals surface area contributed by atoms with E-state index in [9.17, 15) is 4.79 Å². The molecular formula is C18H22N2O2S. The summed E-state index contributed by atoms with van der Waals surface area (Å²) >= 11 is 1.72. The van der Waals surface area contributed by atoms with Gasteiger partial charge >= 0.3 is 6.03 Å². The van der Waals surface area contributed by atoms with E-state index >= 15 is 0 Å². The number of ether oxygens (including phenoxy) is 1. The predicted molar refractivity (Wildman–Crippen MR) is 93.3 cm³/mol. The normalized spacial score (nSPS) is 15.0. The van der Waals surface area contributed by atoms with E-state index in [0.717, 1.165) is 31.6 Å². The lowest BCUT2D eigenvalue weighted by atomic mass is 9.99. The molecule has 0 radical (unpaired) electrons. The number of thiophene rings is 1. The maximum Gasteiger partial charge on any atom is 0.314 e. The highest BCUT2D eigenvalue weighted by molar-refractivity contribution is 7.08. The van der Waals surface area contributed by atoms with E-state index in [0.29, 0.717) is 6.54 Å². The second-order valence-corrected chi connectivity index (χ2v) is 6.78. The Kier molecular flexibility index (Phi) is 4.86. The summed E-state index contributed by atoms with van der Waals surface area (Å²) in [4.78, 5) is 11.9. The lowest BCUT2D eigenvalue weighted by Crippen LogP contribution is -2.40. The van der Waals surface area contributed by atoms with Crippen LogP contribution in [0.25, 0.3) is 0 Å². The van der Waals surface area contributed by atoms with Crippen molar-refractivity contribution in [2.24, 2.45) is 0 Å². The van der Waals surface area contributed by atoms with Crippen LogP contribution in [0.5, 0.6) is 5.75 Å². The summed E-state index contributed by atoms with van der Waals surface area (Å²) in [5.74, 6) is 0.850. The van der Waals surface area contributed by atoms with Gasteiger partial charge in [-0.15, -0.1) is 0 Å². The molecule has 0 atom stereocenters. The SMILES string of the molecule is COc1ccc(CCNC(=O)NCC2(c3ccsc3)CC2)cc1. The number of hydrogen-bond acceptors (Lipinski definition) is 3.